The van der Waals surface area contributed by atoms with Gasteiger partial charge in [0.05, 0.1) is 0 Å². The van der Waals surface area contributed by atoms with Crippen LogP contribution in [-0.4, -0.2) is 60.7 Å². The van der Waals surface area contributed by atoms with Crippen molar-refractivity contribution in [3.63, 3.8) is 0 Å². The number of carbonyl (C=O) groups is 3. The first-order valence-corrected chi connectivity index (χ1v) is 8.25. The minimum atomic E-state index is -0.0639. The second kappa shape index (κ2) is 7.95. The minimum absolute atomic E-state index is 0.0260. The van der Waals surface area contributed by atoms with Crippen molar-refractivity contribution in [2.45, 2.75) is 27.2 Å². The molecule has 130 valence electrons. The quantitative estimate of drug-likeness (QED) is 0.765. The number of nitrogens with zero attached hydrogens (tertiary/aromatic N) is 3. The Morgan fingerprint density at radius 2 is 1.71 bits per heavy atom. The molecule has 1 heterocycles. The Morgan fingerprint density at radius 1 is 1.12 bits per heavy atom. The second-order valence-electron chi connectivity index (χ2n) is 6.18. The van der Waals surface area contributed by atoms with Crippen LogP contribution in [0.3, 0.4) is 0 Å². The molecule has 24 heavy (non-hydrogen) atoms. The van der Waals surface area contributed by atoms with Gasteiger partial charge in [-0.25, -0.2) is 0 Å². The minimum Gasteiger partial charge on any atom is -0.342 e. The van der Waals surface area contributed by atoms with Crippen LogP contribution in [0.1, 0.15) is 24.5 Å². The highest BCUT2D eigenvalue weighted by atomic mass is 16.2. The Kier molecular flexibility index (Phi) is 5.95. The largest absolute Gasteiger partial charge is 0.342 e. The van der Waals surface area contributed by atoms with Gasteiger partial charge in [-0.05, 0) is 25.0 Å². The zero-order valence-corrected chi connectivity index (χ0v) is 14.6. The first-order valence-electron chi connectivity index (χ1n) is 8.25. The Bertz CT molecular complexity index is 602. The van der Waals surface area contributed by atoms with Gasteiger partial charge in [0.15, 0.2) is 0 Å². The van der Waals surface area contributed by atoms with Crippen molar-refractivity contribution in [2.24, 2.45) is 0 Å². The summed E-state index contributed by atoms with van der Waals surface area (Å²) in [6.45, 7) is 8.09. The van der Waals surface area contributed by atoms with Gasteiger partial charge in [0.1, 0.15) is 0 Å². The summed E-state index contributed by atoms with van der Waals surface area (Å²) < 4.78 is 0. The van der Waals surface area contributed by atoms with E-state index < -0.39 is 0 Å². The van der Waals surface area contributed by atoms with Crippen LogP contribution in [-0.2, 0) is 14.4 Å². The number of para-hydroxylation sites is 1. The zero-order chi connectivity index (χ0) is 17.7. The number of carbonyl (C=O) groups excluding carboxylic acids is 3. The number of amides is 3. The summed E-state index contributed by atoms with van der Waals surface area (Å²) in [5.41, 5.74) is 2.94. The van der Waals surface area contributed by atoms with E-state index in [2.05, 4.69) is 0 Å². The highest BCUT2D eigenvalue weighted by molar-refractivity contribution is 5.94. The highest BCUT2D eigenvalue weighted by Crippen LogP contribution is 2.25. The Hall–Kier alpha value is -2.37. The number of rotatable bonds is 5. The molecular formula is C18H25N3O3. The van der Waals surface area contributed by atoms with Crippen molar-refractivity contribution >= 4 is 23.9 Å². The molecule has 1 aromatic rings. The third-order valence-electron chi connectivity index (χ3n) is 4.45. The molecule has 0 atom stereocenters. The van der Waals surface area contributed by atoms with Gasteiger partial charge in [0.25, 0.3) is 0 Å². The summed E-state index contributed by atoms with van der Waals surface area (Å²) in [7, 11) is 0. The maximum atomic E-state index is 12.4. The SMILES string of the molecule is CC(=O)N(CCC(=O)N1CCN(C=O)CC1)c1c(C)cccc1C. The molecular weight excluding hydrogens is 306 g/mol. The molecule has 0 saturated carbocycles. The second-order valence-corrected chi connectivity index (χ2v) is 6.18. The van der Waals surface area contributed by atoms with Crippen LogP contribution in [0.5, 0.6) is 0 Å². The molecule has 0 N–H and O–H groups in total. The van der Waals surface area contributed by atoms with E-state index in [9.17, 15) is 14.4 Å². The van der Waals surface area contributed by atoms with Crippen LogP contribution in [0.2, 0.25) is 0 Å². The predicted octanol–water partition coefficient (Wildman–Crippen LogP) is 1.35. The molecule has 0 radical (unpaired) electrons. The van der Waals surface area contributed by atoms with Crippen molar-refractivity contribution in [2.75, 3.05) is 37.6 Å². The summed E-state index contributed by atoms with van der Waals surface area (Å²) in [5.74, 6) is -0.0380. The maximum Gasteiger partial charge on any atom is 0.224 e. The van der Waals surface area contributed by atoms with E-state index in [-0.39, 0.29) is 18.2 Å². The van der Waals surface area contributed by atoms with Crippen LogP contribution in [0, 0.1) is 13.8 Å². The first-order chi connectivity index (χ1) is 11.4. The lowest BCUT2D eigenvalue weighted by molar-refractivity contribution is -0.135. The number of hydrogen-bond donors (Lipinski definition) is 0. The lowest BCUT2D eigenvalue weighted by Crippen LogP contribution is -2.48. The fourth-order valence-electron chi connectivity index (χ4n) is 3.10. The van der Waals surface area contributed by atoms with Crippen LogP contribution >= 0.6 is 0 Å². The molecule has 1 saturated heterocycles. The first kappa shape index (κ1) is 18.0. The number of anilines is 1. The molecule has 1 aliphatic heterocycles. The predicted molar refractivity (Wildman–Crippen MR) is 92.8 cm³/mol. The monoisotopic (exact) mass is 331 g/mol. The number of aryl methyl sites for hydroxylation is 2. The summed E-state index contributed by atoms with van der Waals surface area (Å²) >= 11 is 0. The molecule has 1 fully saturated rings. The van der Waals surface area contributed by atoms with Crippen LogP contribution in [0.25, 0.3) is 0 Å². The van der Waals surface area contributed by atoms with E-state index in [1.807, 2.05) is 32.0 Å². The molecule has 0 unspecified atom stereocenters. The fourth-order valence-corrected chi connectivity index (χ4v) is 3.10. The maximum absolute atomic E-state index is 12.4. The Labute approximate surface area is 143 Å². The van der Waals surface area contributed by atoms with E-state index >= 15 is 0 Å². The van der Waals surface area contributed by atoms with Crippen LogP contribution in [0.15, 0.2) is 18.2 Å². The van der Waals surface area contributed by atoms with E-state index in [1.54, 1.807) is 14.7 Å². The molecule has 2 rings (SSSR count). The number of hydrogen-bond acceptors (Lipinski definition) is 3. The molecule has 6 heteroatoms. The molecule has 0 aliphatic carbocycles. The van der Waals surface area contributed by atoms with Gasteiger partial charge in [0.2, 0.25) is 18.2 Å². The summed E-state index contributed by atoms with van der Waals surface area (Å²) in [6.07, 6.45) is 1.11. The summed E-state index contributed by atoms with van der Waals surface area (Å²) in [4.78, 5) is 40.3. The Balaban J connectivity index is 2.01. The average Bonchev–Trinajstić information content (AvgIpc) is 2.57. The van der Waals surface area contributed by atoms with Gasteiger partial charge in [-0.2, -0.15) is 0 Å². The van der Waals surface area contributed by atoms with Gasteiger partial charge in [0, 0.05) is 51.8 Å². The van der Waals surface area contributed by atoms with Gasteiger partial charge in [-0.15, -0.1) is 0 Å². The fraction of sp³-hybridized carbons (Fsp3) is 0.500. The van der Waals surface area contributed by atoms with Gasteiger partial charge >= 0.3 is 0 Å². The van der Waals surface area contributed by atoms with E-state index in [4.69, 9.17) is 0 Å². The molecule has 3 amide bonds. The van der Waals surface area contributed by atoms with E-state index in [1.165, 1.54) is 6.92 Å². The third kappa shape index (κ3) is 4.13. The molecule has 0 bridgehead atoms. The molecule has 1 aromatic carbocycles. The Morgan fingerprint density at radius 3 is 2.21 bits per heavy atom. The average molecular weight is 331 g/mol. The summed E-state index contributed by atoms with van der Waals surface area (Å²) in [6, 6.07) is 5.90. The molecule has 0 spiro atoms. The highest BCUT2D eigenvalue weighted by Gasteiger charge is 2.22. The van der Waals surface area contributed by atoms with Gasteiger partial charge < -0.3 is 14.7 Å². The molecule has 0 aromatic heterocycles. The molecule has 6 nitrogen and oxygen atoms in total. The smallest absolute Gasteiger partial charge is 0.224 e. The third-order valence-corrected chi connectivity index (χ3v) is 4.45. The number of benzene rings is 1. The zero-order valence-electron chi connectivity index (χ0n) is 14.6. The van der Waals surface area contributed by atoms with Gasteiger partial charge in [-0.1, -0.05) is 18.2 Å². The van der Waals surface area contributed by atoms with Crippen molar-refractivity contribution in [1.82, 2.24) is 9.80 Å². The molecule has 1 aliphatic rings. The standard InChI is InChI=1S/C18H25N3O3/c1-14-5-4-6-15(2)18(14)21(16(3)23)8-7-17(24)20-11-9-19(13-22)10-12-20/h4-6,13H,7-12H2,1-3H3. The van der Waals surface area contributed by atoms with E-state index in [0.717, 1.165) is 23.2 Å². The topological polar surface area (TPSA) is 60.9 Å². The lowest BCUT2D eigenvalue weighted by Gasteiger charge is -2.33. The van der Waals surface area contributed by atoms with E-state index in [0.29, 0.717) is 32.7 Å². The number of piperazine rings is 1. The van der Waals surface area contributed by atoms with Crippen molar-refractivity contribution in [3.05, 3.63) is 29.3 Å². The normalized spacial score (nSPS) is 14.5. The van der Waals surface area contributed by atoms with Crippen molar-refractivity contribution in [3.8, 4) is 0 Å². The van der Waals surface area contributed by atoms with Crippen molar-refractivity contribution in [1.29, 1.82) is 0 Å². The summed E-state index contributed by atoms with van der Waals surface area (Å²) in [5, 5.41) is 0. The van der Waals surface area contributed by atoms with Crippen LogP contribution < -0.4 is 4.90 Å². The van der Waals surface area contributed by atoms with Crippen LogP contribution in [0.4, 0.5) is 5.69 Å². The van der Waals surface area contributed by atoms with Gasteiger partial charge in [-0.3, -0.25) is 14.4 Å². The lowest BCUT2D eigenvalue weighted by atomic mass is 10.1. The van der Waals surface area contributed by atoms with Crippen molar-refractivity contribution < 1.29 is 14.4 Å².